The second-order valence-electron chi connectivity index (χ2n) is 6.70. The van der Waals surface area contributed by atoms with Crippen molar-refractivity contribution in [3.05, 3.63) is 91.6 Å². The zero-order chi connectivity index (χ0) is 19.7. The summed E-state index contributed by atoms with van der Waals surface area (Å²) >= 11 is 0. The summed E-state index contributed by atoms with van der Waals surface area (Å²) in [4.78, 5) is 32.2. The number of aromatic nitrogens is 2. The third-order valence-corrected chi connectivity index (χ3v) is 4.83. The third kappa shape index (κ3) is 3.54. The number of hydrogen-bond donors (Lipinski definition) is 1. The van der Waals surface area contributed by atoms with Crippen molar-refractivity contribution in [3.63, 3.8) is 0 Å². The molecule has 2 heterocycles. The highest BCUT2D eigenvalue weighted by Crippen LogP contribution is 2.23. The second kappa shape index (κ2) is 7.32. The van der Waals surface area contributed by atoms with Gasteiger partial charge in [0.25, 0.3) is 11.2 Å². The first-order valence-corrected chi connectivity index (χ1v) is 8.84. The number of H-pyrrole nitrogens is 1. The first-order chi connectivity index (χ1) is 13.5. The van der Waals surface area contributed by atoms with Gasteiger partial charge in [0, 0.05) is 48.5 Å². The number of aromatic amines is 1. The highest BCUT2D eigenvalue weighted by atomic mass is 19.1. The lowest BCUT2D eigenvalue weighted by atomic mass is 10.0. The number of rotatable bonds is 4. The smallest absolute Gasteiger partial charge is 0.269 e. The summed E-state index contributed by atoms with van der Waals surface area (Å²) in [5.74, 6) is 0.00738. The second-order valence-corrected chi connectivity index (χ2v) is 6.70. The molecule has 8 heteroatoms. The van der Waals surface area contributed by atoms with Gasteiger partial charge in [-0.3, -0.25) is 19.8 Å². The molecule has 0 amide bonds. The van der Waals surface area contributed by atoms with Gasteiger partial charge in [-0.2, -0.15) is 0 Å². The Kier molecular flexibility index (Phi) is 4.70. The van der Waals surface area contributed by atoms with Gasteiger partial charge in [-0.1, -0.05) is 30.3 Å². The highest BCUT2D eigenvalue weighted by molar-refractivity contribution is 5.54. The van der Waals surface area contributed by atoms with E-state index in [2.05, 4.69) is 9.97 Å². The van der Waals surface area contributed by atoms with Crippen molar-refractivity contribution in [2.75, 3.05) is 6.54 Å². The molecule has 0 radical (unpaired) electrons. The van der Waals surface area contributed by atoms with Crippen molar-refractivity contribution in [1.82, 2.24) is 14.9 Å². The Balaban J connectivity index is 1.61. The summed E-state index contributed by atoms with van der Waals surface area (Å²) in [6, 6.07) is 12.9. The average molecular weight is 380 g/mol. The molecule has 3 aromatic rings. The molecular weight excluding hydrogens is 363 g/mol. The van der Waals surface area contributed by atoms with E-state index in [9.17, 15) is 19.3 Å². The predicted octanol–water partition coefficient (Wildman–Crippen LogP) is 3.04. The van der Waals surface area contributed by atoms with Crippen LogP contribution in [0, 0.1) is 15.9 Å². The number of nitro groups is 1. The van der Waals surface area contributed by atoms with Gasteiger partial charge < -0.3 is 4.98 Å². The van der Waals surface area contributed by atoms with Gasteiger partial charge in [0.2, 0.25) is 0 Å². The third-order valence-electron chi connectivity index (χ3n) is 4.83. The fourth-order valence-corrected chi connectivity index (χ4v) is 3.40. The number of nitrogens with one attached hydrogen (secondary N) is 1. The zero-order valence-electron chi connectivity index (χ0n) is 14.9. The summed E-state index contributed by atoms with van der Waals surface area (Å²) in [7, 11) is 0. The molecule has 1 aromatic heterocycles. The molecule has 4 rings (SSSR count). The maximum absolute atomic E-state index is 14.1. The van der Waals surface area contributed by atoms with Crippen LogP contribution in [0.4, 0.5) is 10.1 Å². The fraction of sp³-hybridized carbons (Fsp3) is 0.200. The van der Waals surface area contributed by atoms with Gasteiger partial charge in [0.05, 0.1) is 10.6 Å². The lowest BCUT2D eigenvalue weighted by molar-refractivity contribution is -0.385. The SMILES string of the molecule is O=c1[nH]c(-c2ccccc2)nc2c1CCN(Cc1cc([N+](=O)[O-])ccc1F)C2. The number of nitrogens with zero attached hydrogens (tertiary/aromatic N) is 3. The minimum Gasteiger partial charge on any atom is -0.306 e. The maximum atomic E-state index is 14.1. The molecule has 0 aliphatic carbocycles. The minimum absolute atomic E-state index is 0.144. The van der Waals surface area contributed by atoms with Crippen LogP contribution in [0.25, 0.3) is 11.4 Å². The Labute approximate surface area is 159 Å². The Bertz CT molecular complexity index is 1100. The number of benzene rings is 2. The Morgan fingerprint density at radius 2 is 2.00 bits per heavy atom. The summed E-state index contributed by atoms with van der Waals surface area (Å²) in [5, 5.41) is 11.0. The molecule has 28 heavy (non-hydrogen) atoms. The van der Waals surface area contributed by atoms with E-state index in [1.54, 1.807) is 0 Å². The summed E-state index contributed by atoms with van der Waals surface area (Å²) < 4.78 is 14.1. The predicted molar refractivity (Wildman–Crippen MR) is 101 cm³/mol. The van der Waals surface area contributed by atoms with Gasteiger partial charge >= 0.3 is 0 Å². The number of hydrogen-bond acceptors (Lipinski definition) is 5. The van der Waals surface area contributed by atoms with E-state index in [4.69, 9.17) is 0 Å². The molecule has 0 unspecified atom stereocenters. The molecule has 1 aliphatic heterocycles. The van der Waals surface area contributed by atoms with Gasteiger partial charge in [0.1, 0.15) is 11.6 Å². The van der Waals surface area contributed by atoms with E-state index >= 15 is 0 Å². The molecule has 142 valence electrons. The normalized spacial score (nSPS) is 13.9. The zero-order valence-corrected chi connectivity index (χ0v) is 14.9. The molecule has 7 nitrogen and oxygen atoms in total. The van der Waals surface area contributed by atoms with Crippen molar-refractivity contribution < 1.29 is 9.31 Å². The summed E-state index contributed by atoms with van der Waals surface area (Å²) in [6.07, 6.45) is 0.489. The van der Waals surface area contributed by atoms with Crippen molar-refractivity contribution in [3.8, 4) is 11.4 Å². The van der Waals surface area contributed by atoms with Gasteiger partial charge in [0.15, 0.2) is 0 Å². The maximum Gasteiger partial charge on any atom is 0.269 e. The Morgan fingerprint density at radius 1 is 1.21 bits per heavy atom. The van der Waals surface area contributed by atoms with Crippen LogP contribution in [-0.4, -0.2) is 26.3 Å². The minimum atomic E-state index is -0.540. The molecule has 0 spiro atoms. The number of non-ortho nitro benzene ring substituents is 1. The van der Waals surface area contributed by atoms with Crippen LogP contribution in [0.5, 0.6) is 0 Å². The van der Waals surface area contributed by atoms with Crippen LogP contribution in [0.15, 0.2) is 53.3 Å². The topological polar surface area (TPSA) is 92.1 Å². The number of nitro benzene ring substituents is 1. The quantitative estimate of drug-likeness (QED) is 0.555. The first kappa shape index (κ1) is 18.0. The highest BCUT2D eigenvalue weighted by Gasteiger charge is 2.23. The molecule has 0 fully saturated rings. The van der Waals surface area contributed by atoms with Gasteiger partial charge in [-0.15, -0.1) is 0 Å². The molecule has 1 aliphatic rings. The van der Waals surface area contributed by atoms with Crippen molar-refractivity contribution in [1.29, 1.82) is 0 Å². The van der Waals surface area contributed by atoms with Gasteiger partial charge in [-0.25, -0.2) is 9.37 Å². The monoisotopic (exact) mass is 380 g/mol. The van der Waals surface area contributed by atoms with E-state index in [-0.39, 0.29) is 23.4 Å². The van der Waals surface area contributed by atoms with Crippen molar-refractivity contribution in [2.24, 2.45) is 0 Å². The van der Waals surface area contributed by atoms with E-state index < -0.39 is 10.7 Å². The Hall–Kier alpha value is -3.39. The van der Waals surface area contributed by atoms with E-state index in [1.165, 1.54) is 6.07 Å². The number of halogens is 1. The fourth-order valence-electron chi connectivity index (χ4n) is 3.40. The van der Waals surface area contributed by atoms with Crippen LogP contribution in [-0.2, 0) is 19.5 Å². The van der Waals surface area contributed by atoms with Crippen LogP contribution < -0.4 is 5.56 Å². The van der Waals surface area contributed by atoms with Crippen molar-refractivity contribution in [2.45, 2.75) is 19.5 Å². The van der Waals surface area contributed by atoms with Gasteiger partial charge in [-0.05, 0) is 12.5 Å². The lowest BCUT2D eigenvalue weighted by Gasteiger charge is -2.27. The molecule has 2 aromatic carbocycles. The largest absolute Gasteiger partial charge is 0.306 e. The van der Waals surface area contributed by atoms with E-state index in [0.717, 1.165) is 17.7 Å². The van der Waals surface area contributed by atoms with Crippen molar-refractivity contribution >= 4 is 5.69 Å². The molecule has 1 N–H and O–H groups in total. The van der Waals surface area contributed by atoms with E-state index in [1.807, 2.05) is 35.2 Å². The van der Waals surface area contributed by atoms with Crippen LogP contribution in [0.1, 0.15) is 16.8 Å². The Morgan fingerprint density at radius 3 is 2.75 bits per heavy atom. The average Bonchev–Trinajstić information content (AvgIpc) is 2.70. The molecule has 0 saturated carbocycles. The molecule has 0 bridgehead atoms. The lowest BCUT2D eigenvalue weighted by Crippen LogP contribution is -2.35. The number of fused-ring (bicyclic) bond motifs is 1. The molecule has 0 saturated heterocycles. The molecule has 0 atom stereocenters. The van der Waals surface area contributed by atoms with Crippen LogP contribution in [0.2, 0.25) is 0 Å². The van der Waals surface area contributed by atoms with Crippen LogP contribution >= 0.6 is 0 Å². The van der Waals surface area contributed by atoms with Crippen LogP contribution in [0.3, 0.4) is 0 Å². The van der Waals surface area contributed by atoms with E-state index in [0.29, 0.717) is 36.6 Å². The standard InChI is InChI=1S/C20H17FN4O3/c21-17-7-6-15(25(27)28)10-14(17)11-24-9-8-16-18(12-24)22-19(23-20(16)26)13-4-2-1-3-5-13/h1-7,10H,8-9,11-12H2,(H,22,23,26). The summed E-state index contributed by atoms with van der Waals surface area (Å²) in [6.45, 7) is 1.13. The molecular formula is C20H17FN4O3. The summed E-state index contributed by atoms with van der Waals surface area (Å²) in [5.41, 5.74) is 2.05. The first-order valence-electron chi connectivity index (χ1n) is 8.84.